The Bertz CT molecular complexity index is 499. The largest absolute Gasteiger partial charge is 0.469 e. The number of rotatable bonds is 5. The lowest BCUT2D eigenvalue weighted by Gasteiger charge is -2.15. The van der Waals surface area contributed by atoms with Gasteiger partial charge in [0.05, 0.1) is 12.0 Å². The molecule has 0 bridgehead atoms. The van der Waals surface area contributed by atoms with Crippen molar-refractivity contribution in [1.82, 2.24) is 0 Å². The molecule has 2 aromatic rings. The molecular formula is C14H15BrFNO. The normalized spacial score (nSPS) is 12.4. The molecule has 18 heavy (non-hydrogen) atoms. The van der Waals surface area contributed by atoms with Crippen LogP contribution < -0.4 is 5.32 Å². The van der Waals surface area contributed by atoms with E-state index in [4.69, 9.17) is 4.42 Å². The van der Waals surface area contributed by atoms with E-state index in [1.54, 1.807) is 12.3 Å². The first kappa shape index (κ1) is 13.1. The Labute approximate surface area is 114 Å². The fraction of sp³-hybridized carbons (Fsp3) is 0.286. The van der Waals surface area contributed by atoms with Gasteiger partial charge in [0.15, 0.2) is 0 Å². The van der Waals surface area contributed by atoms with E-state index in [1.807, 2.05) is 25.1 Å². The molecule has 0 saturated heterocycles. The maximum atomic E-state index is 13.6. The molecule has 4 heteroatoms. The van der Waals surface area contributed by atoms with Crippen LogP contribution in [-0.2, 0) is 6.42 Å². The van der Waals surface area contributed by atoms with Crippen LogP contribution in [0.25, 0.3) is 0 Å². The first-order chi connectivity index (χ1) is 8.65. The first-order valence-corrected chi connectivity index (χ1v) is 6.68. The molecule has 96 valence electrons. The quantitative estimate of drug-likeness (QED) is 0.872. The van der Waals surface area contributed by atoms with E-state index >= 15 is 0 Å². The summed E-state index contributed by atoms with van der Waals surface area (Å²) < 4.78 is 19.6. The van der Waals surface area contributed by atoms with Crippen LogP contribution in [0.1, 0.15) is 19.1 Å². The number of anilines is 1. The van der Waals surface area contributed by atoms with Crippen molar-refractivity contribution in [2.75, 3.05) is 5.32 Å². The summed E-state index contributed by atoms with van der Waals surface area (Å²) in [5, 5.41) is 3.16. The predicted octanol–water partition coefficient (Wildman–Crippen LogP) is 4.61. The van der Waals surface area contributed by atoms with Gasteiger partial charge in [-0.05, 0) is 43.7 Å². The van der Waals surface area contributed by atoms with Crippen LogP contribution in [0.5, 0.6) is 0 Å². The van der Waals surface area contributed by atoms with Crippen LogP contribution in [0.15, 0.2) is 45.5 Å². The molecule has 1 aromatic carbocycles. The van der Waals surface area contributed by atoms with Crippen LogP contribution >= 0.6 is 15.9 Å². The fourth-order valence-corrected chi connectivity index (χ4v) is 2.09. The number of hydrogen-bond donors (Lipinski definition) is 1. The van der Waals surface area contributed by atoms with Gasteiger partial charge in [-0.15, -0.1) is 0 Å². The highest BCUT2D eigenvalue weighted by Gasteiger charge is 2.07. The molecular weight excluding hydrogens is 297 g/mol. The Morgan fingerprint density at radius 2 is 2.22 bits per heavy atom. The summed E-state index contributed by atoms with van der Waals surface area (Å²) >= 11 is 3.24. The van der Waals surface area contributed by atoms with E-state index in [9.17, 15) is 4.39 Å². The zero-order chi connectivity index (χ0) is 13.0. The third kappa shape index (κ3) is 3.60. The van der Waals surface area contributed by atoms with Gasteiger partial charge in [0.2, 0.25) is 0 Å². The van der Waals surface area contributed by atoms with Crippen molar-refractivity contribution in [1.29, 1.82) is 0 Å². The van der Waals surface area contributed by atoms with Crippen LogP contribution in [0, 0.1) is 5.82 Å². The Balaban J connectivity index is 1.88. The van der Waals surface area contributed by atoms with Gasteiger partial charge in [0, 0.05) is 16.9 Å². The Kier molecular flexibility index (Phi) is 4.42. The SMILES string of the molecule is CC(CCc1ccco1)Nc1ccc(Br)cc1F. The van der Waals surface area contributed by atoms with E-state index in [0.717, 1.165) is 23.1 Å². The standard InChI is InChI=1S/C14H15BrFNO/c1-10(4-6-12-3-2-8-18-12)17-14-7-5-11(15)9-13(14)16/h2-3,5,7-10,17H,4,6H2,1H3. The molecule has 0 amide bonds. The summed E-state index contributed by atoms with van der Waals surface area (Å²) in [6.07, 6.45) is 3.41. The molecule has 1 aromatic heterocycles. The Morgan fingerprint density at radius 3 is 2.89 bits per heavy atom. The zero-order valence-electron chi connectivity index (χ0n) is 10.1. The molecule has 1 N–H and O–H groups in total. The van der Waals surface area contributed by atoms with E-state index in [0.29, 0.717) is 5.69 Å². The van der Waals surface area contributed by atoms with E-state index in [2.05, 4.69) is 21.2 Å². The number of aryl methyl sites for hydroxylation is 1. The topological polar surface area (TPSA) is 25.2 Å². The Hall–Kier alpha value is -1.29. The lowest BCUT2D eigenvalue weighted by molar-refractivity contribution is 0.494. The Morgan fingerprint density at radius 1 is 1.39 bits per heavy atom. The molecule has 0 fully saturated rings. The minimum Gasteiger partial charge on any atom is -0.469 e. The molecule has 2 nitrogen and oxygen atoms in total. The van der Waals surface area contributed by atoms with Gasteiger partial charge in [-0.3, -0.25) is 0 Å². The van der Waals surface area contributed by atoms with Gasteiger partial charge in [-0.1, -0.05) is 15.9 Å². The molecule has 1 atom stereocenters. The van der Waals surface area contributed by atoms with Crippen molar-refractivity contribution in [3.63, 3.8) is 0 Å². The number of nitrogens with one attached hydrogen (secondary N) is 1. The van der Waals surface area contributed by atoms with Gasteiger partial charge in [0.25, 0.3) is 0 Å². The molecule has 2 rings (SSSR count). The van der Waals surface area contributed by atoms with Crippen molar-refractivity contribution in [3.05, 3.63) is 52.6 Å². The zero-order valence-corrected chi connectivity index (χ0v) is 11.7. The van der Waals surface area contributed by atoms with Crippen molar-refractivity contribution in [2.24, 2.45) is 0 Å². The summed E-state index contributed by atoms with van der Waals surface area (Å²) in [6, 6.07) is 9.04. The van der Waals surface area contributed by atoms with Gasteiger partial charge in [0.1, 0.15) is 11.6 Å². The summed E-state index contributed by atoms with van der Waals surface area (Å²) in [5.74, 6) is 0.717. The number of halogens is 2. The molecule has 0 aliphatic heterocycles. The lowest BCUT2D eigenvalue weighted by Crippen LogP contribution is -2.16. The van der Waals surface area contributed by atoms with Crippen LogP contribution in [0.3, 0.4) is 0 Å². The minimum atomic E-state index is -0.241. The molecule has 0 aliphatic rings. The molecule has 0 radical (unpaired) electrons. The van der Waals surface area contributed by atoms with Crippen molar-refractivity contribution >= 4 is 21.6 Å². The predicted molar refractivity (Wildman–Crippen MR) is 74.2 cm³/mol. The second-order valence-electron chi connectivity index (χ2n) is 4.29. The highest BCUT2D eigenvalue weighted by Crippen LogP contribution is 2.20. The van der Waals surface area contributed by atoms with Crippen molar-refractivity contribution < 1.29 is 8.81 Å². The summed E-state index contributed by atoms with van der Waals surface area (Å²) in [5.41, 5.74) is 0.533. The van der Waals surface area contributed by atoms with Crippen LogP contribution in [0.4, 0.5) is 10.1 Å². The highest BCUT2D eigenvalue weighted by atomic mass is 79.9. The van der Waals surface area contributed by atoms with Gasteiger partial charge in [-0.25, -0.2) is 4.39 Å². The molecule has 1 heterocycles. The minimum absolute atomic E-state index is 0.186. The number of benzene rings is 1. The maximum absolute atomic E-state index is 13.6. The van der Waals surface area contributed by atoms with E-state index < -0.39 is 0 Å². The van der Waals surface area contributed by atoms with Gasteiger partial charge < -0.3 is 9.73 Å². The number of hydrogen-bond acceptors (Lipinski definition) is 2. The monoisotopic (exact) mass is 311 g/mol. The average Bonchev–Trinajstić information content (AvgIpc) is 2.83. The van der Waals surface area contributed by atoms with Gasteiger partial charge in [-0.2, -0.15) is 0 Å². The number of furan rings is 1. The molecule has 0 saturated carbocycles. The van der Waals surface area contributed by atoms with Crippen molar-refractivity contribution in [3.8, 4) is 0 Å². The van der Waals surface area contributed by atoms with Crippen LogP contribution in [-0.4, -0.2) is 6.04 Å². The van der Waals surface area contributed by atoms with Crippen molar-refractivity contribution in [2.45, 2.75) is 25.8 Å². The summed E-state index contributed by atoms with van der Waals surface area (Å²) in [4.78, 5) is 0. The third-order valence-electron chi connectivity index (χ3n) is 2.74. The highest BCUT2D eigenvalue weighted by molar-refractivity contribution is 9.10. The first-order valence-electron chi connectivity index (χ1n) is 5.89. The molecule has 1 unspecified atom stereocenters. The fourth-order valence-electron chi connectivity index (χ4n) is 1.76. The smallest absolute Gasteiger partial charge is 0.147 e. The molecule has 0 spiro atoms. The third-order valence-corrected chi connectivity index (χ3v) is 3.23. The summed E-state index contributed by atoms with van der Waals surface area (Å²) in [7, 11) is 0. The average molecular weight is 312 g/mol. The van der Waals surface area contributed by atoms with Gasteiger partial charge >= 0.3 is 0 Å². The van der Waals surface area contributed by atoms with E-state index in [-0.39, 0.29) is 11.9 Å². The lowest BCUT2D eigenvalue weighted by atomic mass is 10.1. The van der Waals surface area contributed by atoms with E-state index in [1.165, 1.54) is 6.07 Å². The van der Waals surface area contributed by atoms with Crippen LogP contribution in [0.2, 0.25) is 0 Å². The second kappa shape index (κ2) is 6.05. The molecule has 0 aliphatic carbocycles. The maximum Gasteiger partial charge on any atom is 0.147 e. The summed E-state index contributed by atoms with van der Waals surface area (Å²) in [6.45, 7) is 2.03. The second-order valence-corrected chi connectivity index (χ2v) is 5.20.